The summed E-state index contributed by atoms with van der Waals surface area (Å²) in [4.78, 5) is 19.8. The molecule has 0 bridgehead atoms. The minimum atomic E-state index is 0.0705. The van der Waals surface area contributed by atoms with E-state index in [1.165, 1.54) is 0 Å². The topological polar surface area (TPSA) is 69.8 Å². The summed E-state index contributed by atoms with van der Waals surface area (Å²) in [5.41, 5.74) is 4.04. The van der Waals surface area contributed by atoms with Crippen molar-refractivity contribution in [2.45, 2.75) is 12.8 Å². The van der Waals surface area contributed by atoms with Crippen LogP contribution in [-0.4, -0.2) is 33.6 Å². The van der Waals surface area contributed by atoms with Crippen LogP contribution in [0, 0.1) is 5.92 Å². The van der Waals surface area contributed by atoms with Gasteiger partial charge in [0.25, 0.3) is 0 Å². The highest BCUT2D eigenvalue weighted by atomic mass is 32.2. The Kier molecular flexibility index (Phi) is 5.59. The molecule has 1 aliphatic rings. The molecule has 0 atom stereocenters. The van der Waals surface area contributed by atoms with Gasteiger partial charge in [0.2, 0.25) is 5.91 Å². The van der Waals surface area contributed by atoms with Gasteiger partial charge < -0.3 is 15.0 Å². The van der Waals surface area contributed by atoms with E-state index in [0.717, 1.165) is 52.2 Å². The van der Waals surface area contributed by atoms with E-state index in [2.05, 4.69) is 50.5 Å². The van der Waals surface area contributed by atoms with E-state index in [-0.39, 0.29) is 11.8 Å². The zero-order valence-electron chi connectivity index (χ0n) is 15.1. The van der Waals surface area contributed by atoms with Gasteiger partial charge in [-0.05, 0) is 54.5 Å². The number of rotatable bonds is 8. The number of carbonyl (C=O) groups excluding carboxylic acids is 1. The van der Waals surface area contributed by atoms with Gasteiger partial charge >= 0.3 is 0 Å². The van der Waals surface area contributed by atoms with Crippen LogP contribution < -0.4 is 10.0 Å². The van der Waals surface area contributed by atoms with Crippen LogP contribution in [0.4, 0.5) is 11.5 Å². The second kappa shape index (κ2) is 8.27. The van der Waals surface area contributed by atoms with Gasteiger partial charge in [-0.15, -0.1) is 0 Å². The Morgan fingerprint density at radius 3 is 2.78 bits per heavy atom. The molecule has 1 aliphatic carbocycles. The average Bonchev–Trinajstić information content (AvgIpc) is 3.43. The van der Waals surface area contributed by atoms with Crippen molar-refractivity contribution in [2.75, 3.05) is 27.8 Å². The standard InChI is InChI=1S/C20H22N4OS2/c1-26-10-11-27-24-15-6-4-13(5-7-15)17-12-18(23-20(25)14-2-3-14)22-19-16(17)8-9-21-19/h4-9,12,14,24H,2-3,10-11H2,1H3,(H2,21,22,23,25). The van der Waals surface area contributed by atoms with Crippen molar-refractivity contribution in [3.63, 3.8) is 0 Å². The number of hydrogen-bond acceptors (Lipinski definition) is 5. The molecule has 0 unspecified atom stereocenters. The first kappa shape index (κ1) is 18.3. The summed E-state index contributed by atoms with van der Waals surface area (Å²) < 4.78 is 3.37. The molecular weight excluding hydrogens is 376 g/mol. The number of benzene rings is 1. The monoisotopic (exact) mass is 398 g/mol. The summed E-state index contributed by atoms with van der Waals surface area (Å²) in [7, 11) is 0. The van der Waals surface area contributed by atoms with Gasteiger partial charge in [0.1, 0.15) is 11.5 Å². The molecule has 140 valence electrons. The van der Waals surface area contributed by atoms with E-state index in [4.69, 9.17) is 0 Å². The lowest BCUT2D eigenvalue weighted by Crippen LogP contribution is -2.14. The number of carbonyl (C=O) groups is 1. The smallest absolute Gasteiger partial charge is 0.228 e. The minimum Gasteiger partial charge on any atom is -0.346 e. The van der Waals surface area contributed by atoms with Crippen LogP contribution >= 0.6 is 23.7 Å². The van der Waals surface area contributed by atoms with E-state index in [1.807, 2.05) is 30.1 Å². The van der Waals surface area contributed by atoms with Crippen molar-refractivity contribution in [3.05, 3.63) is 42.6 Å². The van der Waals surface area contributed by atoms with Gasteiger partial charge in [0, 0.05) is 34.7 Å². The van der Waals surface area contributed by atoms with Crippen molar-refractivity contribution < 1.29 is 4.79 Å². The van der Waals surface area contributed by atoms with Crippen LogP contribution in [0.3, 0.4) is 0 Å². The maximum atomic E-state index is 12.1. The minimum absolute atomic E-state index is 0.0705. The molecule has 3 aromatic rings. The summed E-state index contributed by atoms with van der Waals surface area (Å²) in [5.74, 6) is 3.03. The number of thioether (sulfide) groups is 1. The van der Waals surface area contributed by atoms with Crippen LogP contribution in [-0.2, 0) is 4.79 Å². The second-order valence-electron chi connectivity index (χ2n) is 6.58. The van der Waals surface area contributed by atoms with E-state index in [0.29, 0.717) is 5.82 Å². The molecule has 2 heterocycles. The maximum Gasteiger partial charge on any atom is 0.228 e. The first-order valence-electron chi connectivity index (χ1n) is 9.01. The Bertz CT molecular complexity index is 935. The molecule has 3 N–H and O–H groups in total. The Balaban J connectivity index is 1.56. The fourth-order valence-corrected chi connectivity index (χ4v) is 4.30. The van der Waals surface area contributed by atoms with Crippen molar-refractivity contribution in [1.82, 2.24) is 9.97 Å². The molecule has 5 nitrogen and oxygen atoms in total. The predicted molar refractivity (Wildman–Crippen MR) is 117 cm³/mol. The Morgan fingerprint density at radius 2 is 2.04 bits per heavy atom. The van der Waals surface area contributed by atoms with Crippen molar-refractivity contribution in [2.24, 2.45) is 5.92 Å². The molecular formula is C20H22N4OS2. The van der Waals surface area contributed by atoms with Gasteiger partial charge in [-0.3, -0.25) is 4.79 Å². The zero-order chi connectivity index (χ0) is 18.6. The van der Waals surface area contributed by atoms with Gasteiger partial charge in [-0.1, -0.05) is 24.1 Å². The molecule has 7 heteroatoms. The Hall–Kier alpha value is -2.12. The fraction of sp³-hybridized carbons (Fsp3) is 0.300. The zero-order valence-corrected chi connectivity index (χ0v) is 16.8. The van der Waals surface area contributed by atoms with E-state index in [9.17, 15) is 4.79 Å². The second-order valence-corrected chi connectivity index (χ2v) is 8.47. The van der Waals surface area contributed by atoms with E-state index in [1.54, 1.807) is 11.9 Å². The van der Waals surface area contributed by atoms with Crippen LogP contribution in [0.2, 0.25) is 0 Å². The number of fused-ring (bicyclic) bond motifs is 1. The number of amides is 1. The molecule has 27 heavy (non-hydrogen) atoms. The van der Waals surface area contributed by atoms with Gasteiger partial charge in [-0.25, -0.2) is 4.98 Å². The quantitative estimate of drug-likeness (QED) is 0.368. The lowest BCUT2D eigenvalue weighted by molar-refractivity contribution is -0.117. The summed E-state index contributed by atoms with van der Waals surface area (Å²) in [6.07, 6.45) is 5.96. The van der Waals surface area contributed by atoms with Gasteiger partial charge in [0.05, 0.1) is 0 Å². The number of H-pyrrole nitrogens is 1. The van der Waals surface area contributed by atoms with E-state index < -0.39 is 0 Å². The molecule has 0 spiro atoms. The number of nitrogens with zero attached hydrogens (tertiary/aromatic N) is 1. The number of nitrogens with one attached hydrogen (secondary N) is 3. The highest BCUT2D eigenvalue weighted by molar-refractivity contribution is 8.03. The third-order valence-electron chi connectivity index (χ3n) is 4.50. The molecule has 1 fully saturated rings. The Labute approximate surface area is 167 Å². The SMILES string of the molecule is CSCCSNc1ccc(-c2cc(NC(=O)C3CC3)nc3[nH]ccc23)cc1. The maximum absolute atomic E-state index is 12.1. The lowest BCUT2D eigenvalue weighted by Gasteiger charge is -2.10. The van der Waals surface area contributed by atoms with Gasteiger partial charge in [-0.2, -0.15) is 11.8 Å². The van der Waals surface area contributed by atoms with Crippen molar-refractivity contribution in [1.29, 1.82) is 0 Å². The summed E-state index contributed by atoms with van der Waals surface area (Å²) in [5, 5.41) is 4.01. The van der Waals surface area contributed by atoms with Crippen molar-refractivity contribution in [3.8, 4) is 11.1 Å². The number of aromatic nitrogens is 2. The number of hydrogen-bond donors (Lipinski definition) is 3. The molecule has 1 aromatic carbocycles. The molecule has 1 amide bonds. The number of aromatic amines is 1. The molecule has 2 aromatic heterocycles. The third-order valence-corrected chi connectivity index (χ3v) is 6.16. The molecule has 0 saturated heterocycles. The fourth-order valence-electron chi connectivity index (χ4n) is 2.89. The highest BCUT2D eigenvalue weighted by Gasteiger charge is 2.30. The lowest BCUT2D eigenvalue weighted by atomic mass is 10.0. The van der Waals surface area contributed by atoms with Crippen LogP contribution in [0.25, 0.3) is 22.2 Å². The summed E-state index contributed by atoms with van der Waals surface area (Å²) >= 11 is 3.57. The molecule has 4 rings (SSSR count). The largest absolute Gasteiger partial charge is 0.346 e. The number of pyridine rings is 1. The normalized spacial score (nSPS) is 13.7. The predicted octanol–water partition coefficient (Wildman–Crippen LogP) is 5.00. The first-order valence-corrected chi connectivity index (χ1v) is 11.4. The third kappa shape index (κ3) is 4.42. The Morgan fingerprint density at radius 1 is 1.22 bits per heavy atom. The van der Waals surface area contributed by atoms with Crippen LogP contribution in [0.1, 0.15) is 12.8 Å². The van der Waals surface area contributed by atoms with E-state index >= 15 is 0 Å². The number of anilines is 2. The molecule has 0 radical (unpaired) electrons. The van der Waals surface area contributed by atoms with Crippen molar-refractivity contribution >= 4 is 52.2 Å². The molecule has 1 saturated carbocycles. The molecule has 0 aliphatic heterocycles. The first-order chi connectivity index (χ1) is 13.2. The summed E-state index contributed by atoms with van der Waals surface area (Å²) in [6, 6.07) is 12.4. The van der Waals surface area contributed by atoms with Gasteiger partial charge in [0.15, 0.2) is 0 Å². The average molecular weight is 399 g/mol. The van der Waals surface area contributed by atoms with Crippen LogP contribution in [0.5, 0.6) is 0 Å². The van der Waals surface area contributed by atoms with Crippen LogP contribution in [0.15, 0.2) is 42.6 Å². The summed E-state index contributed by atoms with van der Waals surface area (Å²) in [6.45, 7) is 0. The highest BCUT2D eigenvalue weighted by Crippen LogP contribution is 2.33.